The Bertz CT molecular complexity index is 907. The first-order valence-corrected chi connectivity index (χ1v) is 9.68. The first kappa shape index (κ1) is 16.8. The van der Waals surface area contributed by atoms with Crippen molar-refractivity contribution in [3.8, 4) is 5.75 Å². The summed E-state index contributed by atoms with van der Waals surface area (Å²) in [7, 11) is 0. The second-order valence-electron chi connectivity index (χ2n) is 6.55. The number of likely N-dealkylation sites (tertiary alicyclic amines) is 1. The van der Waals surface area contributed by atoms with Gasteiger partial charge in [0.1, 0.15) is 11.6 Å². The van der Waals surface area contributed by atoms with Gasteiger partial charge in [0.05, 0.1) is 23.7 Å². The number of rotatable bonds is 3. The molecule has 3 nitrogen and oxygen atoms in total. The number of hydrogen-bond acceptors (Lipinski definition) is 2. The summed E-state index contributed by atoms with van der Waals surface area (Å²) in [5.74, 6) is 0.243. The molecule has 2 N–H and O–H groups in total. The maximum absolute atomic E-state index is 11.0. The van der Waals surface area contributed by atoms with Gasteiger partial charge in [-0.3, -0.25) is 4.98 Å². The van der Waals surface area contributed by atoms with Crippen LogP contribution in [0.3, 0.4) is 0 Å². The van der Waals surface area contributed by atoms with E-state index in [4.69, 9.17) is 11.6 Å². The SMILES string of the molecule is Oc1c([C@H](c2ccc(Br)cc2)[NH+]2CCCC2)cc(Cl)c2cccnc12. The Labute approximate surface area is 160 Å². The number of halogens is 2. The summed E-state index contributed by atoms with van der Waals surface area (Å²) in [6.45, 7) is 2.19. The van der Waals surface area contributed by atoms with Crippen LogP contribution in [0, 0.1) is 0 Å². The molecule has 3 aromatic rings. The molecule has 1 aromatic heterocycles. The van der Waals surface area contributed by atoms with E-state index in [2.05, 4.69) is 45.2 Å². The third-order valence-electron chi connectivity index (χ3n) is 5.01. The number of pyridine rings is 1. The molecule has 0 aliphatic carbocycles. The van der Waals surface area contributed by atoms with Crippen LogP contribution < -0.4 is 4.90 Å². The number of aromatic hydroxyl groups is 1. The summed E-state index contributed by atoms with van der Waals surface area (Å²) in [6.07, 6.45) is 4.12. The molecule has 2 heterocycles. The van der Waals surface area contributed by atoms with Crippen molar-refractivity contribution in [1.29, 1.82) is 0 Å². The number of quaternary nitrogens is 1. The van der Waals surface area contributed by atoms with Gasteiger partial charge in [0.2, 0.25) is 0 Å². The number of nitrogens with one attached hydrogen (secondary N) is 1. The van der Waals surface area contributed by atoms with E-state index in [9.17, 15) is 5.11 Å². The zero-order chi connectivity index (χ0) is 17.4. The smallest absolute Gasteiger partial charge is 0.151 e. The summed E-state index contributed by atoms with van der Waals surface area (Å²) < 4.78 is 1.05. The lowest BCUT2D eigenvalue weighted by atomic mass is 9.95. The van der Waals surface area contributed by atoms with Crippen LogP contribution in [-0.2, 0) is 0 Å². The highest BCUT2D eigenvalue weighted by molar-refractivity contribution is 9.10. The van der Waals surface area contributed by atoms with Gasteiger partial charge in [0.15, 0.2) is 5.75 Å². The van der Waals surface area contributed by atoms with Crippen molar-refractivity contribution in [2.45, 2.75) is 18.9 Å². The van der Waals surface area contributed by atoms with Crippen LogP contribution in [0.4, 0.5) is 0 Å². The van der Waals surface area contributed by atoms with E-state index in [0.717, 1.165) is 28.5 Å². The van der Waals surface area contributed by atoms with Crippen LogP contribution in [0.15, 0.2) is 53.1 Å². The zero-order valence-electron chi connectivity index (χ0n) is 13.7. The molecular weight excluding hydrogens is 400 g/mol. The van der Waals surface area contributed by atoms with Gasteiger partial charge < -0.3 is 10.0 Å². The standard InChI is InChI=1S/C20H18BrClN2O/c21-14-7-5-13(6-8-14)19(24-10-1-2-11-24)16-12-17(22)15-4-3-9-23-18(15)20(16)25/h3-9,12,19,25H,1-2,10-11H2/p+1/t19-/m0/s1. The van der Waals surface area contributed by atoms with E-state index >= 15 is 0 Å². The maximum atomic E-state index is 11.0. The number of aromatic nitrogens is 1. The normalized spacial score (nSPS) is 16.4. The Morgan fingerprint density at radius 2 is 1.84 bits per heavy atom. The second-order valence-corrected chi connectivity index (χ2v) is 7.87. The van der Waals surface area contributed by atoms with Gasteiger partial charge in [-0.2, -0.15) is 0 Å². The Morgan fingerprint density at radius 1 is 1.12 bits per heavy atom. The molecule has 5 heteroatoms. The van der Waals surface area contributed by atoms with Crippen LogP contribution in [0.5, 0.6) is 5.75 Å². The van der Waals surface area contributed by atoms with Gasteiger partial charge in [-0.1, -0.05) is 39.7 Å². The minimum absolute atomic E-state index is 0.0551. The minimum Gasteiger partial charge on any atom is -0.505 e. The molecule has 0 amide bonds. The molecule has 0 saturated carbocycles. The fraction of sp³-hybridized carbons (Fsp3) is 0.250. The molecule has 0 spiro atoms. The van der Waals surface area contributed by atoms with Gasteiger partial charge in [0, 0.05) is 34.5 Å². The Balaban J connectivity index is 1.91. The van der Waals surface area contributed by atoms with Gasteiger partial charge in [-0.25, -0.2) is 0 Å². The average molecular weight is 419 g/mol. The minimum atomic E-state index is 0.0551. The quantitative estimate of drug-likeness (QED) is 0.671. The highest BCUT2D eigenvalue weighted by Crippen LogP contribution is 2.37. The fourth-order valence-electron chi connectivity index (χ4n) is 3.83. The summed E-state index contributed by atoms with van der Waals surface area (Å²) in [5.41, 5.74) is 2.61. The third kappa shape index (κ3) is 3.14. The van der Waals surface area contributed by atoms with Crippen LogP contribution in [0.25, 0.3) is 10.9 Å². The van der Waals surface area contributed by atoms with Crippen molar-refractivity contribution in [2.75, 3.05) is 13.1 Å². The molecule has 1 aliphatic rings. The predicted octanol–water partition coefficient (Wildman–Crippen LogP) is 4.12. The number of phenols is 1. The molecule has 1 aliphatic heterocycles. The summed E-state index contributed by atoms with van der Waals surface area (Å²) in [5, 5.41) is 12.4. The lowest BCUT2D eigenvalue weighted by Crippen LogP contribution is -3.10. The molecule has 128 valence electrons. The molecule has 4 rings (SSSR count). The number of hydrogen-bond donors (Lipinski definition) is 2. The van der Waals surface area contributed by atoms with Crippen molar-refractivity contribution in [2.24, 2.45) is 0 Å². The number of fused-ring (bicyclic) bond motifs is 1. The van der Waals surface area contributed by atoms with E-state index in [-0.39, 0.29) is 11.8 Å². The molecule has 1 atom stereocenters. The van der Waals surface area contributed by atoms with Crippen molar-refractivity contribution in [3.63, 3.8) is 0 Å². The lowest BCUT2D eigenvalue weighted by Gasteiger charge is -2.26. The van der Waals surface area contributed by atoms with Crippen molar-refractivity contribution < 1.29 is 10.0 Å². The first-order chi connectivity index (χ1) is 12.1. The van der Waals surface area contributed by atoms with Crippen molar-refractivity contribution in [3.05, 3.63) is 69.3 Å². The fourth-order valence-corrected chi connectivity index (χ4v) is 4.37. The number of benzene rings is 2. The van der Waals surface area contributed by atoms with Crippen LogP contribution in [0.2, 0.25) is 5.02 Å². The first-order valence-electron chi connectivity index (χ1n) is 8.51. The second kappa shape index (κ2) is 6.94. The predicted molar refractivity (Wildman–Crippen MR) is 104 cm³/mol. The van der Waals surface area contributed by atoms with Gasteiger partial charge in [0.25, 0.3) is 0 Å². The zero-order valence-corrected chi connectivity index (χ0v) is 16.0. The highest BCUT2D eigenvalue weighted by Gasteiger charge is 2.32. The molecule has 1 saturated heterocycles. The lowest BCUT2D eigenvalue weighted by molar-refractivity contribution is -0.913. The maximum Gasteiger partial charge on any atom is 0.151 e. The Kier molecular flexibility index (Phi) is 4.67. The van der Waals surface area contributed by atoms with E-state index in [1.165, 1.54) is 23.3 Å². The van der Waals surface area contributed by atoms with Crippen LogP contribution >= 0.6 is 27.5 Å². The van der Waals surface area contributed by atoms with Crippen molar-refractivity contribution >= 4 is 38.4 Å². The van der Waals surface area contributed by atoms with E-state index < -0.39 is 0 Å². The van der Waals surface area contributed by atoms with E-state index in [0.29, 0.717) is 10.5 Å². The van der Waals surface area contributed by atoms with Gasteiger partial charge >= 0.3 is 0 Å². The Hall–Kier alpha value is -1.62. The monoisotopic (exact) mass is 417 g/mol. The van der Waals surface area contributed by atoms with E-state index in [1.807, 2.05) is 18.2 Å². The molecule has 0 radical (unpaired) electrons. The molecular formula is C20H19BrClN2O+. The van der Waals surface area contributed by atoms with Crippen molar-refractivity contribution in [1.82, 2.24) is 4.98 Å². The molecule has 25 heavy (non-hydrogen) atoms. The molecule has 2 aromatic carbocycles. The molecule has 1 fully saturated rings. The molecule has 0 unspecified atom stereocenters. The van der Waals surface area contributed by atoms with Gasteiger partial charge in [-0.05, 0) is 30.3 Å². The largest absolute Gasteiger partial charge is 0.505 e. The summed E-state index contributed by atoms with van der Waals surface area (Å²) >= 11 is 10.0. The Morgan fingerprint density at radius 3 is 2.56 bits per heavy atom. The molecule has 0 bridgehead atoms. The topological polar surface area (TPSA) is 37.6 Å². The average Bonchev–Trinajstić information content (AvgIpc) is 3.15. The number of phenolic OH excluding ortho intramolecular Hbond substituents is 1. The highest BCUT2D eigenvalue weighted by atomic mass is 79.9. The number of nitrogens with zero attached hydrogens (tertiary/aromatic N) is 1. The summed E-state index contributed by atoms with van der Waals surface area (Å²) in [6, 6.07) is 14.0. The summed E-state index contributed by atoms with van der Waals surface area (Å²) in [4.78, 5) is 5.83. The van der Waals surface area contributed by atoms with Crippen LogP contribution in [0.1, 0.15) is 30.0 Å². The van der Waals surface area contributed by atoms with E-state index in [1.54, 1.807) is 6.20 Å². The van der Waals surface area contributed by atoms with Crippen LogP contribution in [-0.4, -0.2) is 23.2 Å². The van der Waals surface area contributed by atoms with Gasteiger partial charge in [-0.15, -0.1) is 0 Å². The third-order valence-corrected chi connectivity index (χ3v) is 5.85.